The first-order valence-electron chi connectivity index (χ1n) is 11.1. The minimum atomic E-state index is 0.0607. The van der Waals surface area contributed by atoms with Crippen LogP contribution in [-0.4, -0.2) is 57.6 Å². The van der Waals surface area contributed by atoms with E-state index in [-0.39, 0.29) is 24.4 Å². The SMILES string of the molecule is C/C=C(\C)C(=O)N1CCC([C@H](Cc2ccccc2C)N(C)C(=O)Cn2cccn2)CC1. The summed E-state index contributed by atoms with van der Waals surface area (Å²) in [6, 6.07) is 10.3. The van der Waals surface area contributed by atoms with Crippen LogP contribution in [-0.2, 0) is 22.6 Å². The average Bonchev–Trinajstić information content (AvgIpc) is 3.30. The number of likely N-dealkylation sites (tertiary alicyclic amines) is 1. The van der Waals surface area contributed by atoms with E-state index in [1.165, 1.54) is 11.1 Å². The highest BCUT2D eigenvalue weighted by molar-refractivity contribution is 5.92. The molecule has 166 valence electrons. The summed E-state index contributed by atoms with van der Waals surface area (Å²) in [7, 11) is 1.91. The maximum atomic E-state index is 13.1. The van der Waals surface area contributed by atoms with E-state index in [2.05, 4.69) is 30.2 Å². The summed E-state index contributed by atoms with van der Waals surface area (Å²) in [5, 5.41) is 4.18. The van der Waals surface area contributed by atoms with Gasteiger partial charge in [0.1, 0.15) is 6.54 Å². The van der Waals surface area contributed by atoms with Crippen molar-refractivity contribution in [3.63, 3.8) is 0 Å². The number of carbonyl (C=O) groups excluding carboxylic acids is 2. The lowest BCUT2D eigenvalue weighted by atomic mass is 9.84. The second kappa shape index (κ2) is 10.4. The van der Waals surface area contributed by atoms with Gasteiger partial charge in [0.15, 0.2) is 0 Å². The number of likely N-dealkylation sites (N-methyl/N-ethyl adjacent to an activating group) is 1. The number of aryl methyl sites for hydroxylation is 1. The highest BCUT2D eigenvalue weighted by Crippen LogP contribution is 2.28. The van der Waals surface area contributed by atoms with Crippen molar-refractivity contribution in [1.29, 1.82) is 0 Å². The van der Waals surface area contributed by atoms with Gasteiger partial charge < -0.3 is 9.80 Å². The number of carbonyl (C=O) groups is 2. The number of hydrogen-bond acceptors (Lipinski definition) is 3. The summed E-state index contributed by atoms with van der Waals surface area (Å²) in [6.45, 7) is 7.61. The lowest BCUT2D eigenvalue weighted by Gasteiger charge is -2.40. The molecule has 6 nitrogen and oxygen atoms in total. The van der Waals surface area contributed by atoms with Crippen molar-refractivity contribution >= 4 is 11.8 Å². The molecule has 1 saturated heterocycles. The van der Waals surface area contributed by atoms with Crippen LogP contribution in [0.3, 0.4) is 0 Å². The Labute approximate surface area is 185 Å². The Hall–Kier alpha value is -2.89. The second-order valence-corrected chi connectivity index (χ2v) is 8.51. The van der Waals surface area contributed by atoms with Crippen molar-refractivity contribution in [2.24, 2.45) is 5.92 Å². The van der Waals surface area contributed by atoms with E-state index in [0.717, 1.165) is 37.9 Å². The van der Waals surface area contributed by atoms with Crippen LogP contribution < -0.4 is 0 Å². The Balaban J connectivity index is 1.75. The van der Waals surface area contributed by atoms with Crippen molar-refractivity contribution in [3.05, 3.63) is 65.5 Å². The predicted octanol–water partition coefficient (Wildman–Crippen LogP) is 3.47. The van der Waals surface area contributed by atoms with E-state index in [1.54, 1.807) is 10.9 Å². The van der Waals surface area contributed by atoms with Gasteiger partial charge >= 0.3 is 0 Å². The highest BCUT2D eigenvalue weighted by atomic mass is 16.2. The molecule has 0 bridgehead atoms. The second-order valence-electron chi connectivity index (χ2n) is 8.51. The van der Waals surface area contributed by atoms with E-state index in [4.69, 9.17) is 0 Å². The molecule has 1 atom stereocenters. The maximum absolute atomic E-state index is 13.1. The number of allylic oxidation sites excluding steroid dienone is 1. The van der Waals surface area contributed by atoms with Gasteiger partial charge in [0.25, 0.3) is 0 Å². The third-order valence-electron chi connectivity index (χ3n) is 6.58. The van der Waals surface area contributed by atoms with Crippen LogP contribution in [0.1, 0.15) is 37.8 Å². The van der Waals surface area contributed by atoms with Crippen LogP contribution in [0.4, 0.5) is 0 Å². The Kier molecular flexibility index (Phi) is 7.66. The highest BCUT2D eigenvalue weighted by Gasteiger charge is 2.33. The normalized spacial score (nSPS) is 16.3. The van der Waals surface area contributed by atoms with Gasteiger partial charge in [0, 0.05) is 44.1 Å². The number of hydrogen-bond donors (Lipinski definition) is 0. The standard InChI is InChI=1S/C25H34N4O2/c1-5-19(2)25(31)28-15-11-21(12-16-28)23(17-22-10-7-6-9-20(22)3)27(4)24(30)18-29-14-8-13-26-29/h5-10,13-14,21,23H,11-12,15-18H2,1-4H3/b19-5+/t23-/m0/s1. The van der Waals surface area contributed by atoms with E-state index in [0.29, 0.717) is 5.92 Å². The Bertz CT molecular complexity index is 911. The van der Waals surface area contributed by atoms with Gasteiger partial charge in [-0.2, -0.15) is 5.10 Å². The molecule has 0 aliphatic carbocycles. The van der Waals surface area contributed by atoms with Crippen molar-refractivity contribution in [2.75, 3.05) is 20.1 Å². The monoisotopic (exact) mass is 422 g/mol. The molecule has 6 heteroatoms. The molecule has 0 unspecified atom stereocenters. The van der Waals surface area contributed by atoms with Crippen LogP contribution in [0.15, 0.2) is 54.4 Å². The Morgan fingerprint density at radius 2 is 1.94 bits per heavy atom. The molecule has 0 saturated carbocycles. The first-order chi connectivity index (χ1) is 14.9. The molecule has 0 N–H and O–H groups in total. The first-order valence-corrected chi connectivity index (χ1v) is 11.1. The van der Waals surface area contributed by atoms with Gasteiger partial charge in [-0.1, -0.05) is 30.3 Å². The summed E-state index contributed by atoms with van der Waals surface area (Å²) in [4.78, 5) is 29.5. The predicted molar refractivity (Wildman–Crippen MR) is 122 cm³/mol. The van der Waals surface area contributed by atoms with Crippen molar-refractivity contribution in [1.82, 2.24) is 19.6 Å². The van der Waals surface area contributed by atoms with Crippen LogP contribution in [0.5, 0.6) is 0 Å². The van der Waals surface area contributed by atoms with Crippen LogP contribution in [0, 0.1) is 12.8 Å². The third kappa shape index (κ3) is 5.63. The zero-order valence-electron chi connectivity index (χ0n) is 19.1. The zero-order chi connectivity index (χ0) is 22.4. The number of amides is 2. The molecular formula is C25H34N4O2. The molecule has 1 aromatic heterocycles. The molecule has 1 fully saturated rings. The summed E-state index contributed by atoms with van der Waals surface area (Å²) in [5.74, 6) is 0.534. The summed E-state index contributed by atoms with van der Waals surface area (Å²) in [6.07, 6.45) is 8.00. The number of rotatable bonds is 7. The molecule has 1 aliphatic rings. The summed E-state index contributed by atoms with van der Waals surface area (Å²) < 4.78 is 1.67. The zero-order valence-corrected chi connectivity index (χ0v) is 19.1. The molecule has 2 aromatic rings. The average molecular weight is 423 g/mol. The molecule has 3 rings (SSSR count). The van der Waals surface area contributed by atoms with Crippen LogP contribution in [0.2, 0.25) is 0 Å². The van der Waals surface area contributed by atoms with E-state index in [9.17, 15) is 9.59 Å². The Morgan fingerprint density at radius 1 is 1.23 bits per heavy atom. The molecule has 0 spiro atoms. The minimum Gasteiger partial charge on any atom is -0.341 e. The number of aromatic nitrogens is 2. The third-order valence-corrected chi connectivity index (χ3v) is 6.58. The number of nitrogens with zero attached hydrogens (tertiary/aromatic N) is 4. The van der Waals surface area contributed by atoms with Crippen LogP contribution >= 0.6 is 0 Å². The maximum Gasteiger partial charge on any atom is 0.249 e. The minimum absolute atomic E-state index is 0.0607. The molecule has 2 amide bonds. The number of piperidine rings is 1. The van der Waals surface area contributed by atoms with Crippen molar-refractivity contribution < 1.29 is 9.59 Å². The van der Waals surface area contributed by atoms with E-state index < -0.39 is 0 Å². The fourth-order valence-corrected chi connectivity index (χ4v) is 4.37. The van der Waals surface area contributed by atoms with E-state index in [1.807, 2.05) is 55.1 Å². The molecule has 0 radical (unpaired) electrons. The van der Waals surface area contributed by atoms with Gasteiger partial charge in [-0.05, 0) is 63.1 Å². The molecule has 1 aliphatic heterocycles. The largest absolute Gasteiger partial charge is 0.341 e. The van der Waals surface area contributed by atoms with Gasteiger partial charge in [-0.25, -0.2) is 0 Å². The fraction of sp³-hybridized carbons (Fsp3) is 0.480. The van der Waals surface area contributed by atoms with E-state index >= 15 is 0 Å². The smallest absolute Gasteiger partial charge is 0.249 e. The van der Waals surface area contributed by atoms with Crippen molar-refractivity contribution in [3.8, 4) is 0 Å². The number of benzene rings is 1. The topological polar surface area (TPSA) is 58.4 Å². The molecule has 31 heavy (non-hydrogen) atoms. The Morgan fingerprint density at radius 3 is 2.55 bits per heavy atom. The summed E-state index contributed by atoms with van der Waals surface area (Å²) in [5.41, 5.74) is 3.31. The molecule has 2 heterocycles. The first kappa shape index (κ1) is 22.8. The van der Waals surface area contributed by atoms with Crippen LogP contribution in [0.25, 0.3) is 0 Å². The lowest BCUT2D eigenvalue weighted by Crippen LogP contribution is -2.49. The van der Waals surface area contributed by atoms with Gasteiger partial charge in [-0.15, -0.1) is 0 Å². The fourth-order valence-electron chi connectivity index (χ4n) is 4.37. The van der Waals surface area contributed by atoms with Crippen molar-refractivity contribution in [2.45, 2.75) is 52.6 Å². The van der Waals surface area contributed by atoms with Gasteiger partial charge in [-0.3, -0.25) is 14.3 Å². The lowest BCUT2D eigenvalue weighted by molar-refractivity contribution is -0.135. The van der Waals surface area contributed by atoms with Gasteiger partial charge in [0.2, 0.25) is 11.8 Å². The van der Waals surface area contributed by atoms with Gasteiger partial charge in [0.05, 0.1) is 0 Å². The summed E-state index contributed by atoms with van der Waals surface area (Å²) >= 11 is 0. The quantitative estimate of drug-likeness (QED) is 0.642. The molecule has 1 aromatic carbocycles. The molecular weight excluding hydrogens is 388 g/mol.